The summed E-state index contributed by atoms with van der Waals surface area (Å²) >= 11 is 0. The molecule has 12 heavy (non-hydrogen) atoms. The van der Waals surface area contributed by atoms with Gasteiger partial charge in [0.2, 0.25) is 0 Å². The van der Waals surface area contributed by atoms with Crippen LogP contribution >= 0.6 is 0 Å². The van der Waals surface area contributed by atoms with Crippen LogP contribution in [0.25, 0.3) is 0 Å². The summed E-state index contributed by atoms with van der Waals surface area (Å²) in [5.74, 6) is -0.0469. The molecule has 2 nitrogen and oxygen atoms in total. The Bertz CT molecular complexity index is 184. The van der Waals surface area contributed by atoms with Gasteiger partial charge < -0.3 is 0 Å². The molecule has 0 spiro atoms. The average Bonchev–Trinajstić information content (AvgIpc) is 1.96. The Hall–Kier alpha value is -0.660. The van der Waals surface area contributed by atoms with Gasteiger partial charge >= 0.3 is 0 Å². The predicted molar refractivity (Wildman–Crippen MR) is 46.9 cm³/mol. The van der Waals surface area contributed by atoms with Gasteiger partial charge in [-0.25, -0.2) is 0 Å². The Morgan fingerprint density at radius 3 is 2.58 bits per heavy atom. The number of carbonyl (C=O) groups is 2. The highest BCUT2D eigenvalue weighted by molar-refractivity contribution is 6.01. The first-order valence-corrected chi connectivity index (χ1v) is 4.75. The molecule has 68 valence electrons. The van der Waals surface area contributed by atoms with Crippen LogP contribution in [0, 0.1) is 5.92 Å². The van der Waals surface area contributed by atoms with Crippen molar-refractivity contribution in [2.24, 2.45) is 5.92 Å². The van der Waals surface area contributed by atoms with Crippen molar-refractivity contribution in [1.29, 1.82) is 0 Å². The second-order valence-electron chi connectivity index (χ2n) is 3.58. The molecule has 1 aliphatic rings. The third kappa shape index (κ3) is 2.43. The molecule has 0 N–H and O–H groups in total. The lowest BCUT2D eigenvalue weighted by Gasteiger charge is -2.15. The van der Waals surface area contributed by atoms with Gasteiger partial charge in [0.1, 0.15) is 11.6 Å². The van der Waals surface area contributed by atoms with Crippen molar-refractivity contribution in [3.8, 4) is 0 Å². The molecule has 0 aromatic carbocycles. The third-order valence-electron chi connectivity index (χ3n) is 2.55. The largest absolute Gasteiger partial charge is 0.299 e. The van der Waals surface area contributed by atoms with E-state index in [1.165, 1.54) is 13.3 Å². The Morgan fingerprint density at radius 2 is 1.92 bits per heavy atom. The van der Waals surface area contributed by atoms with Crippen LogP contribution in [-0.2, 0) is 9.59 Å². The van der Waals surface area contributed by atoms with E-state index in [1.54, 1.807) is 0 Å². The van der Waals surface area contributed by atoms with Gasteiger partial charge in [-0.3, -0.25) is 9.59 Å². The van der Waals surface area contributed by atoms with E-state index in [0.29, 0.717) is 6.42 Å². The summed E-state index contributed by atoms with van der Waals surface area (Å²) in [4.78, 5) is 22.4. The van der Waals surface area contributed by atoms with Crippen molar-refractivity contribution in [2.45, 2.75) is 45.4 Å². The number of rotatable bonds is 1. The number of hydrogen-bond donors (Lipinski definition) is 0. The fourth-order valence-corrected chi connectivity index (χ4v) is 1.77. The molecule has 0 amide bonds. The Balaban J connectivity index is 2.55. The monoisotopic (exact) mass is 168 g/mol. The minimum atomic E-state index is -0.273. The minimum Gasteiger partial charge on any atom is -0.299 e. The molecule has 1 rings (SSSR count). The van der Waals surface area contributed by atoms with E-state index in [0.717, 1.165) is 25.7 Å². The summed E-state index contributed by atoms with van der Waals surface area (Å²) in [6, 6.07) is 0. The molecule has 0 bridgehead atoms. The summed E-state index contributed by atoms with van der Waals surface area (Å²) in [7, 11) is 0. The normalized spacial score (nSPS) is 26.1. The van der Waals surface area contributed by atoms with Crippen molar-refractivity contribution in [3.63, 3.8) is 0 Å². The summed E-state index contributed by atoms with van der Waals surface area (Å²) < 4.78 is 0. The summed E-state index contributed by atoms with van der Waals surface area (Å²) in [6.07, 6.45) is 5.74. The maximum atomic E-state index is 11.4. The molecule has 1 atom stereocenters. The number of ketones is 2. The molecule has 2 heteroatoms. The van der Waals surface area contributed by atoms with Crippen LogP contribution in [0.3, 0.4) is 0 Å². The van der Waals surface area contributed by atoms with Crippen molar-refractivity contribution in [1.82, 2.24) is 0 Å². The van der Waals surface area contributed by atoms with Crippen molar-refractivity contribution >= 4 is 11.6 Å². The summed E-state index contributed by atoms with van der Waals surface area (Å²) in [6.45, 7) is 1.53. The van der Waals surface area contributed by atoms with Gasteiger partial charge in [0, 0.05) is 6.42 Å². The smallest absolute Gasteiger partial charge is 0.143 e. The quantitative estimate of drug-likeness (QED) is 0.562. The highest BCUT2D eigenvalue weighted by Gasteiger charge is 2.23. The number of hydrogen-bond acceptors (Lipinski definition) is 2. The van der Waals surface area contributed by atoms with Gasteiger partial charge in [-0.1, -0.05) is 19.3 Å². The molecule has 0 unspecified atom stereocenters. The zero-order valence-corrected chi connectivity index (χ0v) is 7.64. The topological polar surface area (TPSA) is 34.1 Å². The van der Waals surface area contributed by atoms with E-state index >= 15 is 0 Å². The Morgan fingerprint density at radius 1 is 1.25 bits per heavy atom. The molecular weight excluding hydrogens is 152 g/mol. The molecule has 0 heterocycles. The number of Topliss-reactive ketones (excluding diaryl/α,β-unsaturated/α-hetero) is 2. The molecule has 0 aliphatic heterocycles. The highest BCUT2D eigenvalue weighted by atomic mass is 16.1. The van der Waals surface area contributed by atoms with Crippen LogP contribution < -0.4 is 0 Å². The van der Waals surface area contributed by atoms with Gasteiger partial charge in [0.25, 0.3) is 0 Å². The molecular formula is C10H16O2. The maximum absolute atomic E-state index is 11.4. The maximum Gasteiger partial charge on any atom is 0.143 e. The van der Waals surface area contributed by atoms with Gasteiger partial charge in [-0.05, 0) is 19.8 Å². The summed E-state index contributed by atoms with van der Waals surface area (Å²) in [5.41, 5.74) is 0. The molecule has 0 saturated heterocycles. The van der Waals surface area contributed by atoms with E-state index in [9.17, 15) is 9.59 Å². The first-order chi connectivity index (χ1) is 5.72. The zero-order chi connectivity index (χ0) is 8.97. The summed E-state index contributed by atoms with van der Waals surface area (Å²) in [5, 5.41) is 0. The van der Waals surface area contributed by atoms with Crippen LogP contribution in [0.4, 0.5) is 0 Å². The minimum absolute atomic E-state index is 0.0573. The molecule has 1 fully saturated rings. The molecule has 0 radical (unpaired) electrons. The van der Waals surface area contributed by atoms with E-state index < -0.39 is 0 Å². The first-order valence-electron chi connectivity index (χ1n) is 4.75. The lowest BCUT2D eigenvalue weighted by atomic mass is 9.88. The fraction of sp³-hybridized carbons (Fsp3) is 0.800. The second-order valence-corrected chi connectivity index (χ2v) is 3.58. The van der Waals surface area contributed by atoms with Crippen molar-refractivity contribution in [3.05, 3.63) is 0 Å². The Labute approximate surface area is 73.3 Å². The van der Waals surface area contributed by atoms with E-state index in [1.807, 2.05) is 0 Å². The number of carbonyl (C=O) groups excluding carboxylic acids is 2. The lowest BCUT2D eigenvalue weighted by molar-refractivity contribution is -0.132. The molecule has 0 aromatic heterocycles. The van der Waals surface area contributed by atoms with Crippen molar-refractivity contribution in [2.75, 3.05) is 0 Å². The van der Waals surface area contributed by atoms with Crippen LogP contribution in [0.15, 0.2) is 0 Å². The van der Waals surface area contributed by atoms with Crippen LogP contribution in [0.2, 0.25) is 0 Å². The van der Waals surface area contributed by atoms with Gasteiger partial charge in [-0.15, -0.1) is 0 Å². The van der Waals surface area contributed by atoms with Gasteiger partial charge in [0.15, 0.2) is 0 Å². The van der Waals surface area contributed by atoms with Crippen LogP contribution in [0.1, 0.15) is 45.4 Å². The van der Waals surface area contributed by atoms with Crippen LogP contribution in [0.5, 0.6) is 0 Å². The van der Waals surface area contributed by atoms with Crippen molar-refractivity contribution < 1.29 is 9.59 Å². The average molecular weight is 168 g/mol. The zero-order valence-electron chi connectivity index (χ0n) is 7.64. The van der Waals surface area contributed by atoms with E-state index in [-0.39, 0.29) is 17.5 Å². The SMILES string of the molecule is CC(=O)[C@H]1CCCCCCC1=O. The second kappa shape index (κ2) is 4.39. The Kier molecular flexibility index (Phi) is 3.45. The predicted octanol–water partition coefficient (Wildman–Crippen LogP) is 2.11. The lowest BCUT2D eigenvalue weighted by Crippen LogP contribution is -2.22. The van der Waals surface area contributed by atoms with E-state index in [2.05, 4.69) is 0 Å². The first kappa shape index (κ1) is 9.43. The molecule has 1 saturated carbocycles. The third-order valence-corrected chi connectivity index (χ3v) is 2.55. The molecule has 1 aliphatic carbocycles. The van der Waals surface area contributed by atoms with Gasteiger partial charge in [-0.2, -0.15) is 0 Å². The van der Waals surface area contributed by atoms with Crippen LogP contribution in [-0.4, -0.2) is 11.6 Å². The fourth-order valence-electron chi connectivity index (χ4n) is 1.77. The molecule has 0 aromatic rings. The van der Waals surface area contributed by atoms with E-state index in [4.69, 9.17) is 0 Å². The van der Waals surface area contributed by atoms with Gasteiger partial charge in [0.05, 0.1) is 5.92 Å². The highest BCUT2D eigenvalue weighted by Crippen LogP contribution is 2.19. The standard InChI is InChI=1S/C10H16O2/c1-8(11)9-6-4-2-3-5-7-10(9)12/h9H,2-7H2,1H3/t9-/m1/s1.